The summed E-state index contributed by atoms with van der Waals surface area (Å²) in [5, 5.41) is 10.7. The van der Waals surface area contributed by atoms with Crippen LogP contribution in [-0.4, -0.2) is 22.3 Å². The van der Waals surface area contributed by atoms with Crippen LogP contribution in [-0.2, 0) is 13.1 Å². The highest BCUT2D eigenvalue weighted by molar-refractivity contribution is 5.19. The van der Waals surface area contributed by atoms with Gasteiger partial charge in [0.1, 0.15) is 25.0 Å². The molecule has 1 aliphatic carbocycles. The van der Waals surface area contributed by atoms with Crippen molar-refractivity contribution in [3.8, 4) is 0 Å². The molecule has 1 unspecified atom stereocenters. The van der Waals surface area contributed by atoms with Crippen LogP contribution < -0.4 is 4.90 Å². The van der Waals surface area contributed by atoms with Gasteiger partial charge >= 0.3 is 0 Å². The van der Waals surface area contributed by atoms with Gasteiger partial charge in [-0.15, -0.1) is 0 Å². The SMILES string of the molecule is O[C@@H](C[NH+](Cc1cccn1Cc1cccc(F)c1)C1CC1)c1ccccc1. The topological polar surface area (TPSA) is 29.6 Å². The van der Waals surface area contributed by atoms with E-state index in [1.54, 1.807) is 12.1 Å². The molecule has 1 aromatic heterocycles. The van der Waals surface area contributed by atoms with E-state index in [0.29, 0.717) is 19.1 Å². The van der Waals surface area contributed by atoms with Crippen molar-refractivity contribution in [2.75, 3.05) is 6.54 Å². The quantitative estimate of drug-likeness (QED) is 0.632. The fourth-order valence-electron chi connectivity index (χ4n) is 3.74. The molecule has 1 heterocycles. The van der Waals surface area contributed by atoms with Crippen molar-refractivity contribution in [1.29, 1.82) is 0 Å². The first-order valence-electron chi connectivity index (χ1n) is 9.65. The Balaban J connectivity index is 1.46. The third-order valence-corrected chi connectivity index (χ3v) is 5.37. The average Bonchev–Trinajstić information content (AvgIpc) is 3.44. The van der Waals surface area contributed by atoms with Crippen LogP contribution in [0.25, 0.3) is 0 Å². The Morgan fingerprint density at radius 1 is 1.04 bits per heavy atom. The first-order valence-corrected chi connectivity index (χ1v) is 9.65. The molecule has 3 aromatic rings. The summed E-state index contributed by atoms with van der Waals surface area (Å²) in [5.74, 6) is -0.197. The Morgan fingerprint density at radius 2 is 1.85 bits per heavy atom. The number of nitrogens with zero attached hydrogens (tertiary/aromatic N) is 1. The lowest BCUT2D eigenvalue weighted by Crippen LogP contribution is -3.12. The van der Waals surface area contributed by atoms with Gasteiger partial charge in [0.25, 0.3) is 0 Å². The Labute approximate surface area is 159 Å². The highest BCUT2D eigenvalue weighted by atomic mass is 19.1. The molecule has 2 aromatic carbocycles. The number of hydrogen-bond donors (Lipinski definition) is 2. The van der Waals surface area contributed by atoms with Crippen molar-refractivity contribution in [2.45, 2.75) is 38.1 Å². The first-order chi connectivity index (χ1) is 13.2. The zero-order valence-electron chi connectivity index (χ0n) is 15.4. The number of benzene rings is 2. The second-order valence-corrected chi connectivity index (χ2v) is 7.50. The maximum Gasteiger partial charge on any atom is 0.128 e. The summed E-state index contributed by atoms with van der Waals surface area (Å²) in [4.78, 5) is 1.42. The number of aliphatic hydroxyl groups excluding tert-OH is 1. The zero-order chi connectivity index (χ0) is 18.6. The fraction of sp³-hybridized carbons (Fsp3) is 0.304. The van der Waals surface area contributed by atoms with Crippen molar-refractivity contribution in [3.63, 3.8) is 0 Å². The van der Waals surface area contributed by atoms with Gasteiger partial charge in [0.05, 0.1) is 11.7 Å². The van der Waals surface area contributed by atoms with Gasteiger partial charge < -0.3 is 14.6 Å². The van der Waals surface area contributed by atoms with E-state index in [9.17, 15) is 9.50 Å². The Bertz CT molecular complexity index is 873. The predicted octanol–water partition coefficient (Wildman–Crippen LogP) is 2.96. The maximum absolute atomic E-state index is 13.5. The van der Waals surface area contributed by atoms with Gasteiger partial charge in [-0.05, 0) is 35.4 Å². The minimum absolute atomic E-state index is 0.197. The number of hydrogen-bond acceptors (Lipinski definition) is 1. The standard InChI is InChI=1S/C23H25FN2O/c24-20-9-4-6-18(14-20)15-25-13-5-10-22(25)16-26(21-11-12-21)17-23(27)19-7-2-1-3-8-19/h1-10,13-14,21,23,27H,11-12,15-17H2/p+1/t23-/m0/s1. The molecule has 2 atom stereocenters. The number of rotatable bonds is 8. The molecule has 140 valence electrons. The van der Waals surface area contributed by atoms with Gasteiger partial charge in [0.15, 0.2) is 0 Å². The van der Waals surface area contributed by atoms with Gasteiger partial charge in [-0.25, -0.2) is 4.39 Å². The summed E-state index contributed by atoms with van der Waals surface area (Å²) in [6.45, 7) is 2.25. The molecule has 1 aliphatic rings. The van der Waals surface area contributed by atoms with Crippen molar-refractivity contribution in [1.82, 2.24) is 4.57 Å². The van der Waals surface area contributed by atoms with Gasteiger partial charge in [-0.2, -0.15) is 0 Å². The minimum Gasteiger partial charge on any atom is -0.382 e. The molecule has 2 N–H and O–H groups in total. The van der Waals surface area contributed by atoms with E-state index < -0.39 is 6.10 Å². The number of quaternary nitrogens is 1. The second kappa shape index (κ2) is 8.07. The molecule has 3 nitrogen and oxygen atoms in total. The summed E-state index contributed by atoms with van der Waals surface area (Å²) in [7, 11) is 0. The molecule has 4 rings (SSSR count). The van der Waals surface area contributed by atoms with Crippen LogP contribution in [0.1, 0.15) is 35.8 Å². The summed E-state index contributed by atoms with van der Waals surface area (Å²) >= 11 is 0. The van der Waals surface area contributed by atoms with Crippen LogP contribution >= 0.6 is 0 Å². The van der Waals surface area contributed by atoms with Gasteiger partial charge in [0.2, 0.25) is 0 Å². The highest BCUT2D eigenvalue weighted by Crippen LogP contribution is 2.18. The van der Waals surface area contributed by atoms with E-state index in [1.807, 2.05) is 42.5 Å². The zero-order valence-corrected chi connectivity index (χ0v) is 15.4. The molecule has 1 saturated carbocycles. The first kappa shape index (κ1) is 18.0. The normalized spacial score (nSPS) is 16.2. The lowest BCUT2D eigenvalue weighted by atomic mass is 10.1. The van der Waals surface area contributed by atoms with Crippen LogP contribution in [0.5, 0.6) is 0 Å². The van der Waals surface area contributed by atoms with Crippen molar-refractivity contribution >= 4 is 0 Å². The van der Waals surface area contributed by atoms with E-state index in [2.05, 4.69) is 16.8 Å². The Morgan fingerprint density at radius 3 is 2.59 bits per heavy atom. The predicted molar refractivity (Wildman–Crippen MR) is 104 cm³/mol. The molecule has 4 heteroatoms. The Kier molecular flexibility index (Phi) is 5.37. The van der Waals surface area contributed by atoms with Crippen molar-refractivity contribution in [2.24, 2.45) is 0 Å². The fourth-order valence-corrected chi connectivity index (χ4v) is 3.74. The molecule has 0 aliphatic heterocycles. The third kappa shape index (κ3) is 4.65. The molecule has 0 bridgehead atoms. The molecule has 0 saturated heterocycles. The molecule has 0 amide bonds. The van der Waals surface area contributed by atoms with E-state index in [1.165, 1.54) is 29.5 Å². The minimum atomic E-state index is -0.451. The largest absolute Gasteiger partial charge is 0.382 e. The summed E-state index contributed by atoms with van der Waals surface area (Å²) < 4.78 is 15.7. The van der Waals surface area contributed by atoms with Crippen LogP contribution in [0, 0.1) is 5.82 Å². The summed E-state index contributed by atoms with van der Waals surface area (Å²) in [6.07, 6.45) is 4.05. The molecule has 1 fully saturated rings. The highest BCUT2D eigenvalue weighted by Gasteiger charge is 2.35. The van der Waals surface area contributed by atoms with Crippen LogP contribution in [0.4, 0.5) is 4.39 Å². The molecular formula is C23H26FN2O+. The Hall–Kier alpha value is -2.43. The van der Waals surface area contributed by atoms with Crippen LogP contribution in [0.2, 0.25) is 0 Å². The molecule has 0 radical (unpaired) electrons. The lowest BCUT2D eigenvalue weighted by Gasteiger charge is -2.23. The smallest absolute Gasteiger partial charge is 0.128 e. The van der Waals surface area contributed by atoms with E-state index in [-0.39, 0.29) is 5.82 Å². The molecule has 0 spiro atoms. The summed E-state index contributed by atoms with van der Waals surface area (Å²) in [6, 6.07) is 21.5. The van der Waals surface area contributed by atoms with E-state index in [4.69, 9.17) is 0 Å². The molecule has 27 heavy (non-hydrogen) atoms. The lowest BCUT2D eigenvalue weighted by molar-refractivity contribution is -0.929. The average molecular weight is 365 g/mol. The maximum atomic E-state index is 13.5. The number of aromatic nitrogens is 1. The van der Waals surface area contributed by atoms with Crippen molar-refractivity contribution in [3.05, 3.63) is 95.6 Å². The van der Waals surface area contributed by atoms with Crippen LogP contribution in [0.3, 0.4) is 0 Å². The van der Waals surface area contributed by atoms with Gasteiger partial charge in [0, 0.05) is 25.6 Å². The second-order valence-electron chi connectivity index (χ2n) is 7.50. The third-order valence-electron chi connectivity index (χ3n) is 5.37. The monoisotopic (exact) mass is 365 g/mol. The van der Waals surface area contributed by atoms with Crippen LogP contribution in [0.15, 0.2) is 72.9 Å². The summed E-state index contributed by atoms with van der Waals surface area (Å²) in [5.41, 5.74) is 3.16. The van der Waals surface area contributed by atoms with Gasteiger partial charge in [-0.3, -0.25) is 0 Å². The van der Waals surface area contributed by atoms with Gasteiger partial charge in [-0.1, -0.05) is 42.5 Å². The van der Waals surface area contributed by atoms with Crippen molar-refractivity contribution < 1.29 is 14.4 Å². The number of halogens is 1. The van der Waals surface area contributed by atoms with E-state index in [0.717, 1.165) is 17.7 Å². The molecular weight excluding hydrogens is 339 g/mol. The number of aliphatic hydroxyl groups is 1. The van der Waals surface area contributed by atoms with E-state index >= 15 is 0 Å². The number of nitrogens with one attached hydrogen (secondary N) is 1.